The highest BCUT2D eigenvalue weighted by atomic mass is 32.2. The van der Waals surface area contributed by atoms with Gasteiger partial charge >= 0.3 is 4.87 Å². The van der Waals surface area contributed by atoms with Gasteiger partial charge in [-0.25, -0.2) is 13.1 Å². The lowest BCUT2D eigenvalue weighted by Crippen LogP contribution is -2.37. The maximum absolute atomic E-state index is 12.1. The van der Waals surface area contributed by atoms with E-state index in [2.05, 4.69) is 9.71 Å². The monoisotopic (exact) mass is 294 g/mol. The lowest BCUT2D eigenvalue weighted by molar-refractivity contribution is 0.530. The normalized spacial score (nSPS) is 18.4. The molecule has 2 heterocycles. The van der Waals surface area contributed by atoms with Crippen molar-refractivity contribution in [2.75, 3.05) is 11.5 Å². The fourth-order valence-electron chi connectivity index (χ4n) is 1.74. The van der Waals surface area contributed by atoms with E-state index in [0.717, 1.165) is 35.7 Å². The second-order valence-corrected chi connectivity index (χ2v) is 8.05. The molecule has 17 heavy (non-hydrogen) atoms. The van der Waals surface area contributed by atoms with Crippen LogP contribution in [-0.2, 0) is 10.0 Å². The molecule has 8 heteroatoms. The minimum absolute atomic E-state index is 0.00199. The summed E-state index contributed by atoms with van der Waals surface area (Å²) in [5.41, 5.74) is 0.415. The second kappa shape index (κ2) is 5.13. The first-order valence-electron chi connectivity index (χ1n) is 5.29. The summed E-state index contributed by atoms with van der Waals surface area (Å²) in [6.45, 7) is 1.60. The van der Waals surface area contributed by atoms with Gasteiger partial charge in [-0.05, 0) is 31.3 Å². The summed E-state index contributed by atoms with van der Waals surface area (Å²) < 4.78 is 26.9. The molecule has 0 spiro atoms. The SMILES string of the molecule is Cc1[nH]c(=O)sc1S(=O)(=O)NC1CCSCC1. The van der Waals surface area contributed by atoms with Crippen LogP contribution in [0.5, 0.6) is 0 Å². The molecule has 0 saturated carbocycles. The van der Waals surface area contributed by atoms with Crippen LogP contribution in [0.15, 0.2) is 9.00 Å². The zero-order valence-electron chi connectivity index (χ0n) is 9.36. The molecule has 0 radical (unpaired) electrons. The van der Waals surface area contributed by atoms with Gasteiger partial charge in [0.2, 0.25) is 0 Å². The van der Waals surface area contributed by atoms with Gasteiger partial charge in [0, 0.05) is 11.7 Å². The first-order chi connectivity index (χ1) is 7.99. The van der Waals surface area contributed by atoms with E-state index in [1.165, 1.54) is 0 Å². The quantitative estimate of drug-likeness (QED) is 0.869. The summed E-state index contributed by atoms with van der Waals surface area (Å²) >= 11 is 2.58. The van der Waals surface area contributed by atoms with Gasteiger partial charge in [-0.15, -0.1) is 0 Å². The lowest BCUT2D eigenvalue weighted by atomic mass is 10.2. The summed E-state index contributed by atoms with van der Waals surface area (Å²) in [6.07, 6.45) is 1.70. The van der Waals surface area contributed by atoms with Gasteiger partial charge in [0.25, 0.3) is 10.0 Å². The summed E-state index contributed by atoms with van der Waals surface area (Å²) in [4.78, 5) is 13.3. The van der Waals surface area contributed by atoms with Crippen molar-refractivity contribution in [3.63, 3.8) is 0 Å². The van der Waals surface area contributed by atoms with Gasteiger partial charge in [0.1, 0.15) is 0 Å². The third-order valence-corrected chi connectivity index (χ3v) is 6.74. The molecule has 0 aromatic carbocycles. The van der Waals surface area contributed by atoms with Crippen molar-refractivity contribution in [3.05, 3.63) is 15.4 Å². The van der Waals surface area contributed by atoms with Crippen LogP contribution in [0.4, 0.5) is 0 Å². The number of thioether (sulfide) groups is 1. The standard InChI is InChI=1S/C9H14N2O3S3/c1-6-8(16-9(12)10-6)17(13,14)11-7-2-4-15-5-3-7/h7,11H,2-5H2,1H3,(H,10,12). The molecule has 5 nitrogen and oxygen atoms in total. The van der Waals surface area contributed by atoms with Crippen LogP contribution >= 0.6 is 23.1 Å². The Morgan fingerprint density at radius 2 is 2.00 bits per heavy atom. The van der Waals surface area contributed by atoms with E-state index < -0.39 is 10.0 Å². The lowest BCUT2D eigenvalue weighted by Gasteiger charge is -2.21. The Kier molecular flexibility index (Phi) is 3.96. The van der Waals surface area contributed by atoms with Gasteiger partial charge in [0.15, 0.2) is 4.21 Å². The molecule has 96 valence electrons. The topological polar surface area (TPSA) is 79.0 Å². The Labute approximate surface area is 108 Å². The van der Waals surface area contributed by atoms with Crippen LogP contribution in [0, 0.1) is 6.92 Å². The van der Waals surface area contributed by atoms with Crippen molar-refractivity contribution in [1.82, 2.24) is 9.71 Å². The van der Waals surface area contributed by atoms with Gasteiger partial charge in [0.05, 0.1) is 0 Å². The van der Waals surface area contributed by atoms with Gasteiger partial charge in [-0.1, -0.05) is 11.3 Å². The minimum atomic E-state index is -3.54. The molecular weight excluding hydrogens is 280 g/mol. The number of aryl methyl sites for hydroxylation is 1. The van der Waals surface area contributed by atoms with E-state index in [1.54, 1.807) is 6.92 Å². The average Bonchev–Trinajstić information content (AvgIpc) is 2.59. The van der Waals surface area contributed by atoms with E-state index in [1.807, 2.05) is 11.8 Å². The smallest absolute Gasteiger partial charge is 0.305 e. The van der Waals surface area contributed by atoms with Gasteiger partial charge in [-0.3, -0.25) is 4.79 Å². The summed E-state index contributed by atoms with van der Waals surface area (Å²) in [6, 6.07) is -0.00199. The number of sulfonamides is 1. The minimum Gasteiger partial charge on any atom is -0.315 e. The number of aromatic amines is 1. The molecule has 0 atom stereocenters. The summed E-state index contributed by atoms with van der Waals surface area (Å²) in [5, 5.41) is 0. The predicted molar refractivity (Wildman–Crippen MR) is 70.3 cm³/mol. The Morgan fingerprint density at radius 1 is 1.35 bits per heavy atom. The maximum Gasteiger partial charge on any atom is 0.305 e. The first-order valence-corrected chi connectivity index (χ1v) is 8.74. The van der Waals surface area contributed by atoms with E-state index in [0.29, 0.717) is 5.69 Å². The Morgan fingerprint density at radius 3 is 2.53 bits per heavy atom. The highest BCUT2D eigenvalue weighted by Gasteiger charge is 2.25. The average molecular weight is 294 g/mol. The summed E-state index contributed by atoms with van der Waals surface area (Å²) in [5.74, 6) is 1.96. The second-order valence-electron chi connectivity index (χ2n) is 3.93. The fourth-order valence-corrected chi connectivity index (χ4v) is 5.46. The molecule has 0 amide bonds. The van der Waals surface area contributed by atoms with Gasteiger partial charge < -0.3 is 4.98 Å². The molecular formula is C9H14N2O3S3. The molecule has 1 aliphatic heterocycles. The largest absolute Gasteiger partial charge is 0.315 e. The first kappa shape index (κ1) is 13.1. The van der Waals surface area contributed by atoms with Crippen molar-refractivity contribution < 1.29 is 8.42 Å². The fraction of sp³-hybridized carbons (Fsp3) is 0.667. The van der Waals surface area contributed by atoms with Crippen molar-refractivity contribution in [1.29, 1.82) is 0 Å². The zero-order valence-corrected chi connectivity index (χ0v) is 11.8. The predicted octanol–water partition coefficient (Wildman–Crippen LogP) is 0.919. The third-order valence-electron chi connectivity index (χ3n) is 2.57. The molecule has 1 aromatic rings. The number of thiazole rings is 1. The molecule has 1 fully saturated rings. The van der Waals surface area contributed by atoms with Crippen LogP contribution in [0.2, 0.25) is 0 Å². The molecule has 0 unspecified atom stereocenters. The van der Waals surface area contributed by atoms with Crippen molar-refractivity contribution in [2.24, 2.45) is 0 Å². The molecule has 1 aromatic heterocycles. The van der Waals surface area contributed by atoms with Gasteiger partial charge in [-0.2, -0.15) is 11.8 Å². The van der Waals surface area contributed by atoms with Crippen molar-refractivity contribution in [3.8, 4) is 0 Å². The van der Waals surface area contributed by atoms with E-state index >= 15 is 0 Å². The van der Waals surface area contributed by atoms with Crippen LogP contribution in [0.25, 0.3) is 0 Å². The van der Waals surface area contributed by atoms with Crippen LogP contribution in [0.3, 0.4) is 0 Å². The van der Waals surface area contributed by atoms with Crippen LogP contribution < -0.4 is 9.60 Å². The maximum atomic E-state index is 12.1. The number of hydrogen-bond donors (Lipinski definition) is 2. The van der Waals surface area contributed by atoms with Crippen LogP contribution in [-0.4, -0.2) is 30.9 Å². The Hall–Kier alpha value is -0.310. The third kappa shape index (κ3) is 3.12. The van der Waals surface area contributed by atoms with Crippen molar-refractivity contribution >= 4 is 33.1 Å². The Bertz CT molecular complexity index is 540. The number of nitrogens with one attached hydrogen (secondary N) is 2. The molecule has 0 aliphatic carbocycles. The molecule has 2 rings (SSSR count). The highest BCUT2D eigenvalue weighted by molar-refractivity contribution is 7.99. The van der Waals surface area contributed by atoms with E-state index in [9.17, 15) is 13.2 Å². The number of rotatable bonds is 3. The number of hydrogen-bond acceptors (Lipinski definition) is 5. The van der Waals surface area contributed by atoms with Crippen molar-refractivity contribution in [2.45, 2.75) is 30.0 Å². The van der Waals surface area contributed by atoms with Crippen LogP contribution in [0.1, 0.15) is 18.5 Å². The molecule has 2 N–H and O–H groups in total. The number of aromatic nitrogens is 1. The summed E-state index contributed by atoms with van der Waals surface area (Å²) in [7, 11) is -3.54. The molecule has 1 saturated heterocycles. The highest BCUT2D eigenvalue weighted by Crippen LogP contribution is 2.21. The van der Waals surface area contributed by atoms with E-state index in [-0.39, 0.29) is 15.1 Å². The Balaban J connectivity index is 2.18. The zero-order chi connectivity index (χ0) is 12.5. The number of H-pyrrole nitrogens is 1. The molecule has 0 bridgehead atoms. The molecule has 1 aliphatic rings. The van der Waals surface area contributed by atoms with E-state index in [4.69, 9.17) is 0 Å².